The van der Waals surface area contributed by atoms with Crippen LogP contribution in [0.1, 0.15) is 70.0 Å². The Hall–Kier alpha value is -3.69. The van der Waals surface area contributed by atoms with Crippen LogP contribution in [0.15, 0.2) is 12.3 Å². The SMILES string of the molecule is COc1cc(OC)c(OC)c(C(C)=O)c1Cc1cnc(NC(=O)C(C)(C)C)nc1NC(=O)C(C)(C)C. The summed E-state index contributed by atoms with van der Waals surface area (Å²) >= 11 is 0. The van der Waals surface area contributed by atoms with Crippen LogP contribution in [0.5, 0.6) is 17.2 Å². The van der Waals surface area contributed by atoms with Crippen molar-refractivity contribution in [1.29, 1.82) is 0 Å². The van der Waals surface area contributed by atoms with Crippen molar-refractivity contribution in [2.45, 2.75) is 54.9 Å². The van der Waals surface area contributed by atoms with Crippen molar-refractivity contribution in [2.75, 3.05) is 32.0 Å². The first-order chi connectivity index (χ1) is 16.6. The van der Waals surface area contributed by atoms with Crippen molar-refractivity contribution in [3.63, 3.8) is 0 Å². The van der Waals surface area contributed by atoms with Crippen molar-refractivity contribution >= 4 is 29.4 Å². The van der Waals surface area contributed by atoms with E-state index in [1.54, 1.807) is 47.6 Å². The molecule has 0 saturated carbocycles. The van der Waals surface area contributed by atoms with Gasteiger partial charge in [-0.05, 0) is 6.92 Å². The van der Waals surface area contributed by atoms with Crippen LogP contribution in [-0.4, -0.2) is 48.9 Å². The predicted octanol–water partition coefficient (Wildman–Crippen LogP) is 4.27. The number of aromatic nitrogens is 2. The van der Waals surface area contributed by atoms with Gasteiger partial charge in [0, 0.05) is 40.6 Å². The van der Waals surface area contributed by atoms with Crippen LogP contribution in [0.4, 0.5) is 11.8 Å². The van der Waals surface area contributed by atoms with Gasteiger partial charge in [0.05, 0.1) is 26.9 Å². The van der Waals surface area contributed by atoms with Gasteiger partial charge in [-0.25, -0.2) is 4.98 Å². The summed E-state index contributed by atoms with van der Waals surface area (Å²) in [6, 6.07) is 1.63. The molecule has 0 unspecified atom stereocenters. The minimum atomic E-state index is -0.706. The molecule has 2 aromatic rings. The first-order valence-electron chi connectivity index (χ1n) is 11.5. The summed E-state index contributed by atoms with van der Waals surface area (Å²) in [5, 5.41) is 5.52. The molecule has 1 aromatic heterocycles. The molecule has 0 aliphatic carbocycles. The molecule has 10 heteroatoms. The first kappa shape index (κ1) is 28.5. The summed E-state index contributed by atoms with van der Waals surface area (Å²) in [4.78, 5) is 46.7. The minimum Gasteiger partial charge on any atom is -0.496 e. The summed E-state index contributed by atoms with van der Waals surface area (Å²) in [7, 11) is 4.41. The molecular weight excluding hydrogens is 464 g/mol. The van der Waals surface area contributed by atoms with E-state index in [1.807, 2.05) is 0 Å². The highest BCUT2D eigenvalue weighted by Crippen LogP contribution is 2.41. The number of benzene rings is 1. The Labute approximate surface area is 212 Å². The molecule has 0 aliphatic heterocycles. The third kappa shape index (κ3) is 6.50. The molecule has 0 saturated heterocycles. The third-order valence-corrected chi connectivity index (χ3v) is 5.36. The second-order valence-corrected chi connectivity index (χ2v) is 10.4. The second-order valence-electron chi connectivity index (χ2n) is 10.4. The number of nitrogens with zero attached hydrogens (tertiary/aromatic N) is 2. The lowest BCUT2D eigenvalue weighted by Crippen LogP contribution is -2.30. The highest BCUT2D eigenvalue weighted by Gasteiger charge is 2.28. The van der Waals surface area contributed by atoms with Crippen molar-refractivity contribution in [3.8, 4) is 17.2 Å². The molecule has 2 rings (SSSR count). The summed E-state index contributed by atoms with van der Waals surface area (Å²) in [5.41, 5.74) is -0.0617. The van der Waals surface area contributed by atoms with Crippen molar-refractivity contribution in [3.05, 3.63) is 29.0 Å². The Morgan fingerprint density at radius 1 is 0.861 bits per heavy atom. The number of methoxy groups -OCH3 is 3. The van der Waals surface area contributed by atoms with Gasteiger partial charge in [0.15, 0.2) is 17.3 Å². The number of hydrogen-bond donors (Lipinski definition) is 2. The quantitative estimate of drug-likeness (QED) is 0.514. The van der Waals surface area contributed by atoms with Crippen LogP contribution in [-0.2, 0) is 16.0 Å². The Kier molecular flexibility index (Phi) is 8.66. The number of rotatable bonds is 8. The number of carbonyl (C=O) groups excluding carboxylic acids is 3. The molecular formula is C26H36N4O6. The second kappa shape index (κ2) is 10.9. The molecule has 2 N–H and O–H groups in total. The van der Waals surface area contributed by atoms with E-state index in [9.17, 15) is 14.4 Å². The number of anilines is 2. The Morgan fingerprint density at radius 2 is 1.42 bits per heavy atom. The number of ether oxygens (including phenoxy) is 3. The molecule has 0 aliphatic rings. The molecule has 196 valence electrons. The van der Waals surface area contributed by atoms with E-state index in [0.717, 1.165) is 0 Å². The minimum absolute atomic E-state index is 0.0500. The summed E-state index contributed by atoms with van der Waals surface area (Å²) < 4.78 is 16.4. The Bertz CT molecular complexity index is 1160. The van der Waals surface area contributed by atoms with E-state index >= 15 is 0 Å². The van der Waals surface area contributed by atoms with Crippen LogP contribution < -0.4 is 24.8 Å². The van der Waals surface area contributed by atoms with Gasteiger partial charge >= 0.3 is 0 Å². The molecule has 0 fully saturated rings. The van der Waals surface area contributed by atoms with Gasteiger partial charge in [-0.2, -0.15) is 4.98 Å². The summed E-state index contributed by atoms with van der Waals surface area (Å²) in [6.07, 6.45) is 1.63. The van der Waals surface area contributed by atoms with Crippen LogP contribution in [0.25, 0.3) is 0 Å². The van der Waals surface area contributed by atoms with E-state index in [0.29, 0.717) is 22.6 Å². The average molecular weight is 501 g/mol. The third-order valence-electron chi connectivity index (χ3n) is 5.36. The van der Waals surface area contributed by atoms with Gasteiger partial charge in [0.1, 0.15) is 11.6 Å². The largest absolute Gasteiger partial charge is 0.496 e. The van der Waals surface area contributed by atoms with Crippen LogP contribution in [0.3, 0.4) is 0 Å². The molecule has 0 radical (unpaired) electrons. The molecule has 10 nitrogen and oxygen atoms in total. The molecule has 0 spiro atoms. The first-order valence-corrected chi connectivity index (χ1v) is 11.5. The zero-order valence-corrected chi connectivity index (χ0v) is 22.7. The van der Waals surface area contributed by atoms with Crippen molar-refractivity contribution in [2.24, 2.45) is 10.8 Å². The van der Waals surface area contributed by atoms with E-state index in [4.69, 9.17) is 14.2 Å². The van der Waals surface area contributed by atoms with Gasteiger partial charge in [0.2, 0.25) is 17.8 Å². The molecule has 36 heavy (non-hydrogen) atoms. The summed E-state index contributed by atoms with van der Waals surface area (Å²) in [5.74, 6) is 0.474. The molecule has 0 bridgehead atoms. The van der Waals surface area contributed by atoms with Crippen molar-refractivity contribution in [1.82, 2.24) is 9.97 Å². The van der Waals surface area contributed by atoms with E-state index in [1.165, 1.54) is 34.4 Å². The van der Waals surface area contributed by atoms with E-state index in [-0.39, 0.29) is 47.1 Å². The maximum atomic E-state index is 12.8. The fraction of sp³-hybridized carbons (Fsp3) is 0.500. The number of Topliss-reactive ketones (excluding diaryl/α,β-unsaturated/α-hetero) is 1. The highest BCUT2D eigenvalue weighted by molar-refractivity contribution is 6.00. The van der Waals surface area contributed by atoms with Gasteiger partial charge in [-0.1, -0.05) is 41.5 Å². The number of carbonyl (C=O) groups is 3. The van der Waals surface area contributed by atoms with Crippen LogP contribution in [0.2, 0.25) is 0 Å². The smallest absolute Gasteiger partial charge is 0.232 e. The van der Waals surface area contributed by atoms with Crippen LogP contribution >= 0.6 is 0 Å². The molecule has 1 heterocycles. The van der Waals surface area contributed by atoms with Gasteiger partial charge < -0.3 is 19.5 Å². The molecule has 1 aromatic carbocycles. The Balaban J connectivity index is 2.69. The van der Waals surface area contributed by atoms with Gasteiger partial charge in [-0.3, -0.25) is 19.7 Å². The zero-order chi connectivity index (χ0) is 27.4. The van der Waals surface area contributed by atoms with E-state index in [2.05, 4.69) is 20.6 Å². The average Bonchev–Trinajstić information content (AvgIpc) is 2.78. The van der Waals surface area contributed by atoms with Gasteiger partial charge in [0.25, 0.3) is 0 Å². The standard InChI is InChI=1S/C26H36N4O6/c1-14(31)19-16(17(34-8)12-18(35-9)20(19)36-10)11-15-13-27-24(30-23(33)26(5,6)7)29-21(15)28-22(32)25(2,3)4/h12-13H,11H2,1-10H3,(H2,27,28,29,30,32,33). The number of amides is 2. The maximum Gasteiger partial charge on any atom is 0.232 e. The summed E-state index contributed by atoms with van der Waals surface area (Å²) in [6.45, 7) is 12.1. The lowest BCUT2D eigenvalue weighted by molar-refractivity contribution is -0.123. The maximum absolute atomic E-state index is 12.8. The lowest BCUT2D eigenvalue weighted by atomic mass is 9.94. The molecule has 0 atom stereocenters. The molecule has 2 amide bonds. The van der Waals surface area contributed by atoms with Crippen LogP contribution in [0, 0.1) is 10.8 Å². The number of nitrogens with one attached hydrogen (secondary N) is 2. The van der Waals surface area contributed by atoms with Crippen molar-refractivity contribution < 1.29 is 28.6 Å². The lowest BCUT2D eigenvalue weighted by Gasteiger charge is -2.22. The monoisotopic (exact) mass is 500 g/mol. The topological polar surface area (TPSA) is 129 Å². The highest BCUT2D eigenvalue weighted by atomic mass is 16.5. The fourth-order valence-corrected chi connectivity index (χ4v) is 3.22. The van der Waals surface area contributed by atoms with Gasteiger partial charge in [-0.15, -0.1) is 0 Å². The normalized spacial score (nSPS) is 11.5. The number of ketones is 1. The predicted molar refractivity (Wildman–Crippen MR) is 137 cm³/mol. The zero-order valence-electron chi connectivity index (χ0n) is 22.7. The number of hydrogen-bond acceptors (Lipinski definition) is 8. The Morgan fingerprint density at radius 3 is 1.89 bits per heavy atom. The van der Waals surface area contributed by atoms with E-state index < -0.39 is 10.8 Å². The fourth-order valence-electron chi connectivity index (χ4n) is 3.22.